The van der Waals surface area contributed by atoms with E-state index < -0.39 is 35.5 Å². The molecule has 0 aromatic heterocycles. The SMILES string of the molecule is CC[N](CC)[Zr]([C]1=[C]([GeH]([CH3])[CH3])C=CC1)([N](CC)CC)[N](CC)CC. The number of hydrogen-bond donors (Lipinski definition) is 0. The molecular weight excluding hydrogens is 434 g/mol. The van der Waals surface area contributed by atoms with Crippen molar-refractivity contribution in [2.45, 2.75) is 59.5 Å². The minimum atomic E-state index is -3.02. The molecule has 3 nitrogen and oxygen atoms in total. The first kappa shape index (κ1) is 22.8. The summed E-state index contributed by atoms with van der Waals surface area (Å²) in [6.45, 7) is 21.4. The van der Waals surface area contributed by atoms with E-state index >= 15 is 0 Å². The van der Waals surface area contributed by atoms with Gasteiger partial charge in [-0.1, -0.05) is 0 Å². The fraction of sp³-hybridized carbons (Fsp3) is 0.789. The molecule has 24 heavy (non-hydrogen) atoms. The van der Waals surface area contributed by atoms with Gasteiger partial charge in [0.2, 0.25) is 0 Å². The fourth-order valence-corrected chi connectivity index (χ4v) is 27.8. The minimum absolute atomic E-state index is 1.18. The first-order chi connectivity index (χ1) is 11.5. The van der Waals surface area contributed by atoms with Crippen molar-refractivity contribution < 1.29 is 21.1 Å². The van der Waals surface area contributed by atoms with Gasteiger partial charge in [-0.3, -0.25) is 0 Å². The van der Waals surface area contributed by atoms with E-state index in [-0.39, 0.29) is 0 Å². The molecule has 1 aliphatic carbocycles. The van der Waals surface area contributed by atoms with Crippen LogP contribution in [0.1, 0.15) is 48.0 Å². The zero-order valence-electron chi connectivity index (χ0n) is 17.5. The molecule has 0 amide bonds. The summed E-state index contributed by atoms with van der Waals surface area (Å²) < 4.78 is 12.5. The van der Waals surface area contributed by atoms with E-state index in [1.54, 1.807) is 0 Å². The van der Waals surface area contributed by atoms with Crippen LogP contribution in [0.2, 0.25) is 11.5 Å². The Balaban J connectivity index is 3.72. The number of allylic oxidation sites excluding steroid dienone is 4. The predicted molar refractivity (Wildman–Crippen MR) is 108 cm³/mol. The van der Waals surface area contributed by atoms with Crippen molar-refractivity contribution >= 4 is 14.3 Å². The van der Waals surface area contributed by atoms with Gasteiger partial charge in [-0.2, -0.15) is 0 Å². The Hall–Kier alpha value is 0.786. The molecule has 1 rings (SSSR count). The number of rotatable bonds is 11. The summed E-state index contributed by atoms with van der Waals surface area (Å²) in [5.41, 5.74) is 0. The molecular formula is C19H41GeN3Zr. The van der Waals surface area contributed by atoms with Crippen LogP contribution < -0.4 is 0 Å². The van der Waals surface area contributed by atoms with Crippen molar-refractivity contribution in [1.82, 2.24) is 8.53 Å². The molecule has 0 saturated heterocycles. The van der Waals surface area contributed by atoms with Gasteiger partial charge < -0.3 is 0 Å². The van der Waals surface area contributed by atoms with Gasteiger partial charge in [0.1, 0.15) is 0 Å². The average molecular weight is 475 g/mol. The summed E-state index contributed by atoms with van der Waals surface area (Å²) in [6, 6.07) is 0. The van der Waals surface area contributed by atoms with Crippen LogP contribution in [0.4, 0.5) is 0 Å². The molecule has 0 N–H and O–H groups in total. The molecule has 0 spiro atoms. The first-order valence-electron chi connectivity index (χ1n) is 10.1. The molecule has 0 aliphatic heterocycles. The Morgan fingerprint density at radius 1 is 0.792 bits per heavy atom. The molecule has 0 radical (unpaired) electrons. The van der Waals surface area contributed by atoms with Crippen LogP contribution in [0, 0.1) is 0 Å². The van der Waals surface area contributed by atoms with E-state index in [9.17, 15) is 0 Å². The maximum absolute atomic E-state index is 3.02. The molecule has 0 bridgehead atoms. The van der Waals surface area contributed by atoms with E-state index in [0.29, 0.717) is 0 Å². The molecule has 140 valence electrons. The summed E-state index contributed by atoms with van der Waals surface area (Å²) in [5.74, 6) is 5.11. The van der Waals surface area contributed by atoms with E-state index in [4.69, 9.17) is 0 Å². The summed E-state index contributed by atoms with van der Waals surface area (Å²) >= 11 is -4.32. The van der Waals surface area contributed by atoms with Crippen molar-refractivity contribution in [2.75, 3.05) is 39.3 Å². The zero-order valence-corrected chi connectivity index (χ0v) is 22.4. The second-order valence-electron chi connectivity index (χ2n) is 6.85. The third-order valence-electron chi connectivity index (χ3n) is 5.61. The van der Waals surface area contributed by atoms with Crippen LogP contribution in [0.15, 0.2) is 19.8 Å². The molecule has 5 heteroatoms. The van der Waals surface area contributed by atoms with Crippen molar-refractivity contribution in [1.29, 1.82) is 0 Å². The van der Waals surface area contributed by atoms with E-state index in [0.717, 1.165) is 0 Å². The van der Waals surface area contributed by atoms with Gasteiger partial charge in [0.25, 0.3) is 0 Å². The van der Waals surface area contributed by atoms with Crippen molar-refractivity contribution in [3.8, 4) is 0 Å². The third-order valence-corrected chi connectivity index (χ3v) is 25.2. The summed E-state index contributed by atoms with van der Waals surface area (Å²) in [6.07, 6.45) is 6.21. The molecule has 0 atom stereocenters. The van der Waals surface area contributed by atoms with E-state index in [2.05, 4.69) is 73.7 Å². The molecule has 1 aliphatic rings. The van der Waals surface area contributed by atoms with Gasteiger partial charge in [-0.25, -0.2) is 0 Å². The van der Waals surface area contributed by atoms with Crippen molar-refractivity contribution in [3.63, 3.8) is 0 Å². The van der Waals surface area contributed by atoms with Gasteiger partial charge >= 0.3 is 163 Å². The standard InChI is InChI=1S/C7H11Ge.3C4H10N.Zr/c1-8(2)7-5-3-4-6-7;3*1-3-5-4-2;/h3,5,8H,4H2,1-2H3;3*3-4H2,1-2H3;/q;3*-1;+3. The Morgan fingerprint density at radius 2 is 1.17 bits per heavy atom. The summed E-state index contributed by atoms with van der Waals surface area (Å²) in [4.78, 5) is 0. The Kier molecular flexibility index (Phi) is 10.3. The third kappa shape index (κ3) is 4.19. The van der Waals surface area contributed by atoms with E-state index in [1.165, 1.54) is 45.7 Å². The molecule has 0 fully saturated rings. The van der Waals surface area contributed by atoms with Crippen LogP contribution in [0.3, 0.4) is 0 Å². The van der Waals surface area contributed by atoms with Crippen LogP contribution in [0.5, 0.6) is 0 Å². The van der Waals surface area contributed by atoms with Crippen LogP contribution in [0.25, 0.3) is 0 Å². The Labute approximate surface area is 161 Å². The van der Waals surface area contributed by atoms with Crippen LogP contribution in [-0.2, 0) is 21.1 Å². The summed E-state index contributed by atoms with van der Waals surface area (Å²) in [5, 5.41) is 0. The molecule has 0 saturated carbocycles. The van der Waals surface area contributed by atoms with Gasteiger partial charge in [-0.05, 0) is 0 Å². The number of hydrogen-bond acceptors (Lipinski definition) is 3. The molecule has 0 heterocycles. The Bertz CT molecular complexity index is 405. The monoisotopic (exact) mass is 475 g/mol. The average Bonchev–Trinajstić information content (AvgIpc) is 3.07. The van der Waals surface area contributed by atoms with E-state index in [1.807, 2.05) is 7.69 Å². The van der Waals surface area contributed by atoms with Crippen molar-refractivity contribution in [2.24, 2.45) is 0 Å². The van der Waals surface area contributed by atoms with Crippen molar-refractivity contribution in [3.05, 3.63) is 19.8 Å². The predicted octanol–water partition coefficient (Wildman–Crippen LogP) is 4.15. The van der Waals surface area contributed by atoms with Gasteiger partial charge in [0, 0.05) is 0 Å². The fourth-order valence-electron chi connectivity index (χ4n) is 4.56. The first-order valence-corrected chi connectivity index (χ1v) is 20.7. The molecule has 0 aromatic rings. The van der Waals surface area contributed by atoms with Gasteiger partial charge in [-0.15, -0.1) is 0 Å². The number of nitrogens with zero attached hydrogens (tertiary/aromatic N) is 3. The quantitative estimate of drug-likeness (QED) is 0.416. The maximum atomic E-state index is 2.92. The van der Waals surface area contributed by atoms with Gasteiger partial charge in [0.15, 0.2) is 0 Å². The molecule has 0 unspecified atom stereocenters. The normalized spacial score (nSPS) is 15.8. The zero-order chi connectivity index (χ0) is 18.3. The molecule has 0 aromatic carbocycles. The topological polar surface area (TPSA) is 9.72 Å². The van der Waals surface area contributed by atoms with Crippen LogP contribution >= 0.6 is 0 Å². The van der Waals surface area contributed by atoms with Gasteiger partial charge in [0.05, 0.1) is 0 Å². The summed E-state index contributed by atoms with van der Waals surface area (Å²) in [7, 11) is 0. The second kappa shape index (κ2) is 10.8. The van der Waals surface area contributed by atoms with Crippen LogP contribution in [-0.4, -0.2) is 62.1 Å². The second-order valence-corrected chi connectivity index (χ2v) is 22.3. The Morgan fingerprint density at radius 3 is 1.46 bits per heavy atom.